The number of para-hydroxylation sites is 5. The number of aromatic nitrogens is 5. The second-order valence-electron chi connectivity index (χ2n) is 29.7. The number of carbonyl (C=O) groups is 2. The average molecular weight is 1650 g/mol. The van der Waals surface area contributed by atoms with Crippen LogP contribution in [0, 0.1) is 23.7 Å². The molecule has 12 aromatic rings. The van der Waals surface area contributed by atoms with Crippen molar-refractivity contribution in [3.63, 3.8) is 0 Å². The summed E-state index contributed by atoms with van der Waals surface area (Å²) in [5, 5.41) is 42.4. The van der Waals surface area contributed by atoms with Gasteiger partial charge in [-0.2, -0.15) is 4.68 Å². The number of fused-ring (bicyclic) bond motifs is 4. The molecule has 22 nitrogen and oxygen atoms in total. The zero-order valence-corrected chi connectivity index (χ0v) is 68.4. The molecule has 12 atom stereocenters. The second-order valence-corrected chi connectivity index (χ2v) is 30.6. The highest BCUT2D eigenvalue weighted by Crippen LogP contribution is 2.47. The van der Waals surface area contributed by atoms with Crippen LogP contribution >= 0.6 is 23.2 Å². The molecule has 5 aromatic heterocycles. The summed E-state index contributed by atoms with van der Waals surface area (Å²) in [5.74, 6) is 1.04. The average Bonchev–Trinajstić information content (AvgIpc) is 1.77. The maximum atomic E-state index is 13.0. The molecule has 119 heavy (non-hydrogen) atoms. The number of unbranched alkanes of at least 4 members (excludes halogenated alkanes) is 1. The molecular weight excluding hydrogens is 1550 g/mol. The van der Waals surface area contributed by atoms with Crippen molar-refractivity contribution in [3.8, 4) is 17.2 Å². The third kappa shape index (κ3) is 21.5. The van der Waals surface area contributed by atoms with E-state index in [1.807, 2.05) is 129 Å². The number of aryl methyl sites for hydroxylation is 1. The number of benzene rings is 7. The number of rotatable bonds is 23. The van der Waals surface area contributed by atoms with E-state index >= 15 is 0 Å². The number of ketones is 2. The number of pyridine rings is 1. The Morgan fingerprint density at radius 3 is 1.53 bits per heavy atom. The van der Waals surface area contributed by atoms with Crippen LogP contribution in [0.1, 0.15) is 174 Å². The third-order valence-electron chi connectivity index (χ3n) is 21.1. The summed E-state index contributed by atoms with van der Waals surface area (Å²) in [5.41, 5.74) is 7.87. The fourth-order valence-electron chi connectivity index (χ4n) is 15.0. The standard InChI is InChI=1S/C26H29NO4.C24H24ClNO4.C23H25N3O4.C22H19ClO5/c1-18(28)10-4-3-5-11-19-17-30-26(31-25(19)21-13-7-9-15-24(21)29)22-16-27(2)23-14-8-6-12-20(22)23;1-2-3-4-5-7-17-14-29-24(30-23(17)16-8-6-11-26-13-16)20-15-28-21-10-9-18(25)12-19(21)22(20)27;1-16(27)9-3-2-4-10-17-15-29-23(26-20-13-7-6-12-19(20)24-25-26)30-22(17)18-11-5-8-14-21(18)28;1-2-5-13-11-27-22(28-21(13)15-6-3-4-7-18(15)24)17-12-26-19-9-8-14(23)10-16(19)20(17)25/h3,5-9,12-16,19,25-26,29H,4,10-11,17H2,1-2H3;4-6,8-13,15,17,23-24H,2-3,7,14H2,1H3;2,4-8,11-14,17,22-23,28H,3,9-10,15H2,1H3;2-10,12-13,21-22,24H,11H2,1H3/b5-3-;5-4-;4-2-;5-2+/t19-,25+,26+;17-,23-,24+;17-,22+,23+;13-,21+,22+/m1111/s1. The molecule has 0 spiro atoms. The van der Waals surface area contributed by atoms with Gasteiger partial charge in [0.1, 0.15) is 58.0 Å². The van der Waals surface area contributed by atoms with Crippen LogP contribution in [0.5, 0.6) is 17.2 Å². The highest BCUT2D eigenvalue weighted by molar-refractivity contribution is 6.31. The molecule has 0 saturated carbocycles. The first-order chi connectivity index (χ1) is 57.9. The fourth-order valence-corrected chi connectivity index (χ4v) is 15.3. The topological polar surface area (TPSA) is 278 Å². The van der Waals surface area contributed by atoms with Crippen LogP contribution in [0.4, 0.5) is 0 Å². The van der Waals surface area contributed by atoms with Crippen LogP contribution in [-0.2, 0) is 54.5 Å². The van der Waals surface area contributed by atoms with E-state index < -0.39 is 31.4 Å². The van der Waals surface area contributed by atoms with Gasteiger partial charge in [0.25, 0.3) is 6.41 Å². The van der Waals surface area contributed by atoms with Crippen molar-refractivity contribution in [2.45, 2.75) is 135 Å². The molecule has 9 heterocycles. The minimum Gasteiger partial charge on any atom is -0.508 e. The van der Waals surface area contributed by atoms with Gasteiger partial charge in [-0.1, -0.05) is 181 Å². The molecule has 16 rings (SSSR count). The Hall–Kier alpha value is -11.0. The minimum atomic E-state index is -0.911. The molecule has 0 amide bonds. The van der Waals surface area contributed by atoms with Gasteiger partial charge in [-0.3, -0.25) is 14.6 Å². The summed E-state index contributed by atoms with van der Waals surface area (Å²) in [6.45, 7) is 9.03. The minimum absolute atomic E-state index is 0.0120. The number of halogens is 2. The van der Waals surface area contributed by atoms with E-state index in [0.717, 1.165) is 82.7 Å². The highest BCUT2D eigenvalue weighted by Gasteiger charge is 2.40. The van der Waals surface area contributed by atoms with Crippen LogP contribution in [0.3, 0.4) is 0 Å². The first-order valence-electron chi connectivity index (χ1n) is 40.1. The van der Waals surface area contributed by atoms with Crippen LogP contribution in [0.15, 0.2) is 268 Å². The number of allylic oxidation sites excluding steroid dienone is 7. The number of hydrogen-bond donors (Lipinski definition) is 3. The molecule has 0 unspecified atom stereocenters. The molecule has 618 valence electrons. The lowest BCUT2D eigenvalue weighted by molar-refractivity contribution is -0.280. The van der Waals surface area contributed by atoms with Gasteiger partial charge in [-0.25, -0.2) is 0 Å². The molecule has 4 aliphatic rings. The second kappa shape index (κ2) is 41.6. The van der Waals surface area contributed by atoms with Gasteiger partial charge in [0.15, 0.2) is 18.9 Å². The van der Waals surface area contributed by atoms with Gasteiger partial charge >= 0.3 is 0 Å². The number of aromatic hydroxyl groups is 3. The van der Waals surface area contributed by atoms with Crippen molar-refractivity contribution in [2.75, 3.05) is 26.4 Å². The van der Waals surface area contributed by atoms with Crippen molar-refractivity contribution < 1.29 is 71.6 Å². The van der Waals surface area contributed by atoms with Gasteiger partial charge in [-0.05, 0) is 144 Å². The van der Waals surface area contributed by atoms with Crippen LogP contribution in [-0.4, -0.2) is 77.9 Å². The first-order valence-corrected chi connectivity index (χ1v) is 40.8. The number of Topliss-reactive ketones (excluding diaryl/α,β-unsaturated/α-hetero) is 2. The lowest BCUT2D eigenvalue weighted by atomic mass is 9.91. The molecule has 0 radical (unpaired) electrons. The lowest BCUT2D eigenvalue weighted by Gasteiger charge is -2.36. The number of nitrogens with zero attached hydrogens (tertiary/aromatic N) is 5. The van der Waals surface area contributed by atoms with Gasteiger partial charge in [0.2, 0.25) is 10.9 Å². The van der Waals surface area contributed by atoms with Crippen molar-refractivity contribution >= 4 is 78.6 Å². The predicted octanol–water partition coefficient (Wildman–Crippen LogP) is 21.0. The summed E-state index contributed by atoms with van der Waals surface area (Å²) in [7, 11) is 2.02. The number of hydrogen-bond acceptors (Lipinski definition) is 20. The Kier molecular flexibility index (Phi) is 30.0. The summed E-state index contributed by atoms with van der Waals surface area (Å²) >= 11 is 12.1. The smallest absolute Gasteiger partial charge is 0.262 e. The van der Waals surface area contributed by atoms with Gasteiger partial charge in [-0.15, -0.1) is 5.10 Å². The van der Waals surface area contributed by atoms with Gasteiger partial charge < -0.3 is 76.2 Å². The molecule has 4 fully saturated rings. The van der Waals surface area contributed by atoms with Gasteiger partial charge in [0, 0.05) is 105 Å². The molecule has 3 N–H and O–H groups in total. The summed E-state index contributed by atoms with van der Waals surface area (Å²) < 4.78 is 64.2. The number of phenolic OH excluding ortho intramolecular Hbond substituents is 3. The molecule has 0 aliphatic carbocycles. The van der Waals surface area contributed by atoms with Crippen LogP contribution in [0.25, 0.3) is 43.9 Å². The van der Waals surface area contributed by atoms with E-state index in [2.05, 4.69) is 69.4 Å². The Morgan fingerprint density at radius 2 is 0.983 bits per heavy atom. The van der Waals surface area contributed by atoms with Crippen LogP contribution < -0.4 is 10.9 Å². The maximum Gasteiger partial charge on any atom is 0.262 e. The van der Waals surface area contributed by atoms with Gasteiger partial charge in [0.05, 0.1) is 78.3 Å². The fraction of sp³-hybridized carbons (Fsp3) is 0.316. The Labute approximate surface area is 699 Å². The zero-order chi connectivity index (χ0) is 83.3. The molecule has 4 saturated heterocycles. The van der Waals surface area contributed by atoms with Crippen molar-refractivity contribution in [1.82, 2.24) is 24.5 Å². The van der Waals surface area contributed by atoms with E-state index in [4.69, 9.17) is 69.9 Å². The largest absolute Gasteiger partial charge is 0.508 e. The number of ether oxygens (including phenoxy) is 8. The van der Waals surface area contributed by atoms with Crippen molar-refractivity contribution in [3.05, 3.63) is 319 Å². The molecule has 4 aliphatic heterocycles. The third-order valence-corrected chi connectivity index (χ3v) is 21.6. The highest BCUT2D eigenvalue weighted by atomic mass is 35.5. The first kappa shape index (κ1) is 85.9. The molecule has 0 bridgehead atoms. The summed E-state index contributed by atoms with van der Waals surface area (Å²) in [4.78, 5) is 52.5. The summed E-state index contributed by atoms with van der Waals surface area (Å²) in [6, 6.07) is 51.1. The Bertz CT molecular complexity index is 5680. The van der Waals surface area contributed by atoms with E-state index in [1.165, 1.54) is 12.5 Å². The van der Waals surface area contributed by atoms with Crippen molar-refractivity contribution in [1.29, 1.82) is 0 Å². The Morgan fingerprint density at radius 1 is 0.504 bits per heavy atom. The van der Waals surface area contributed by atoms with E-state index in [1.54, 1.807) is 97.7 Å². The quantitative estimate of drug-likeness (QED) is 0.0502. The summed E-state index contributed by atoms with van der Waals surface area (Å²) in [6.07, 6.45) is 27.5. The van der Waals surface area contributed by atoms with E-state index in [0.29, 0.717) is 88.8 Å². The van der Waals surface area contributed by atoms with Crippen molar-refractivity contribution in [2.24, 2.45) is 30.7 Å². The van der Waals surface area contributed by atoms with E-state index in [9.17, 15) is 34.5 Å². The molecule has 24 heteroatoms. The monoisotopic (exact) mass is 1650 g/mol. The Balaban J connectivity index is 0.000000137. The number of carbonyl (C=O) groups excluding carboxylic acids is 2. The lowest BCUT2D eigenvalue weighted by Crippen LogP contribution is -2.33. The maximum absolute atomic E-state index is 13.0. The zero-order valence-electron chi connectivity index (χ0n) is 66.8. The SMILES string of the molecule is C/C=C/[C@@H]1CO[C@H](c2coc3ccc(Cl)cc3c2=O)O[C@@H]1c1ccccc1O.CC(=O)CC/C=C\C[C@@H]1CO[C@H](c2cn(C)c3ccccc23)O[C@@H]1c1ccccc1O.CC(=O)CC/C=C\C[C@@H]1CO[C@H](n2nnc3ccccc32)O[C@@H]1c1ccccc1O.CCC/C=C\C[C@@H]1CO[C@H](c2coc3ccc(Cl)cc3c2=O)O[C@@H]1c1cccnc1. The molecule has 7 aromatic carbocycles. The van der Waals surface area contributed by atoms with E-state index in [-0.39, 0.29) is 87.2 Å². The predicted molar refractivity (Wildman–Crippen MR) is 455 cm³/mol. The number of phenols is 3. The molecular formula is C95H97Cl2N5O17. The normalized spacial score (nSPS) is 22.1. The van der Waals surface area contributed by atoms with Crippen LogP contribution in [0.2, 0.25) is 10.0 Å².